The lowest BCUT2D eigenvalue weighted by atomic mass is 10.1. The van der Waals surface area contributed by atoms with E-state index in [0.717, 1.165) is 18.3 Å². The summed E-state index contributed by atoms with van der Waals surface area (Å²) in [6.45, 7) is -0.425. The fourth-order valence-electron chi connectivity index (χ4n) is 1.38. The number of nitrogens with zero attached hydrogens (tertiary/aromatic N) is 2. The molecule has 1 heterocycles. The van der Waals surface area contributed by atoms with Gasteiger partial charge in [0, 0.05) is 5.56 Å². The Morgan fingerprint density at radius 3 is 2.43 bits per heavy atom. The molecule has 2 aromatic rings. The van der Waals surface area contributed by atoms with Gasteiger partial charge in [-0.15, -0.1) is 0 Å². The number of alkyl halides is 3. The third-order valence-electron chi connectivity index (χ3n) is 2.42. The molecule has 9 heteroatoms. The van der Waals surface area contributed by atoms with Crippen LogP contribution in [0.3, 0.4) is 0 Å². The second-order valence-electron chi connectivity index (χ2n) is 3.88. The highest BCUT2D eigenvalue weighted by Crippen LogP contribution is 2.30. The van der Waals surface area contributed by atoms with Crippen LogP contribution in [0, 0.1) is 11.6 Å². The second kappa shape index (κ2) is 5.80. The van der Waals surface area contributed by atoms with E-state index in [1.165, 1.54) is 0 Å². The van der Waals surface area contributed by atoms with E-state index in [9.17, 15) is 22.0 Å². The van der Waals surface area contributed by atoms with Gasteiger partial charge in [0.05, 0.1) is 11.8 Å². The molecule has 0 bridgehead atoms. The van der Waals surface area contributed by atoms with Gasteiger partial charge in [-0.3, -0.25) is 0 Å². The predicted octanol–water partition coefficient (Wildman–Crippen LogP) is 4.01. The van der Waals surface area contributed by atoms with E-state index in [0.29, 0.717) is 6.07 Å². The van der Waals surface area contributed by atoms with Crippen LogP contribution in [0.1, 0.15) is 11.1 Å². The summed E-state index contributed by atoms with van der Waals surface area (Å²) < 4.78 is 68.4. The van der Waals surface area contributed by atoms with Crippen molar-refractivity contribution in [1.29, 1.82) is 0 Å². The molecule has 0 aliphatic heterocycles. The highest BCUT2D eigenvalue weighted by Gasteiger charge is 2.31. The Labute approximate surface area is 120 Å². The highest BCUT2D eigenvalue weighted by molar-refractivity contribution is 6.29. The molecule has 112 valence electrons. The van der Waals surface area contributed by atoms with Crippen LogP contribution in [0.25, 0.3) is 0 Å². The summed E-state index contributed by atoms with van der Waals surface area (Å²) in [4.78, 5) is 6.87. The summed E-state index contributed by atoms with van der Waals surface area (Å²) in [5.41, 5.74) is -1.24. The molecule has 0 aliphatic carbocycles. The Morgan fingerprint density at radius 1 is 1.14 bits per heavy atom. The first-order chi connectivity index (χ1) is 9.77. The molecule has 0 radical (unpaired) electrons. The molecule has 0 fully saturated rings. The van der Waals surface area contributed by atoms with Crippen LogP contribution in [0.15, 0.2) is 24.4 Å². The standard InChI is InChI=1S/C12H6ClF5N2O/c13-10-9(15)4-19-11(20-10)21-5-6-1-2-7(3-8(6)14)12(16,17)18/h1-4H,5H2. The molecule has 2 rings (SSSR count). The third kappa shape index (κ3) is 3.78. The number of aromatic nitrogens is 2. The average Bonchev–Trinajstić information content (AvgIpc) is 2.40. The minimum atomic E-state index is -4.63. The Morgan fingerprint density at radius 2 is 1.86 bits per heavy atom. The van der Waals surface area contributed by atoms with Crippen LogP contribution >= 0.6 is 11.6 Å². The van der Waals surface area contributed by atoms with Crippen molar-refractivity contribution in [1.82, 2.24) is 9.97 Å². The van der Waals surface area contributed by atoms with Gasteiger partial charge in [0.15, 0.2) is 11.0 Å². The van der Waals surface area contributed by atoms with Crippen molar-refractivity contribution in [2.24, 2.45) is 0 Å². The monoisotopic (exact) mass is 324 g/mol. The van der Waals surface area contributed by atoms with Crippen LogP contribution in [0.2, 0.25) is 5.15 Å². The van der Waals surface area contributed by atoms with E-state index in [1.807, 2.05) is 0 Å². The molecule has 1 aromatic carbocycles. The summed E-state index contributed by atoms with van der Waals surface area (Å²) in [5.74, 6) is -1.94. The lowest BCUT2D eigenvalue weighted by Gasteiger charge is -2.09. The van der Waals surface area contributed by atoms with Gasteiger partial charge in [0.2, 0.25) is 0 Å². The molecule has 0 N–H and O–H groups in total. The van der Waals surface area contributed by atoms with Gasteiger partial charge >= 0.3 is 12.2 Å². The van der Waals surface area contributed by atoms with Crippen LogP contribution in [0.5, 0.6) is 6.01 Å². The van der Waals surface area contributed by atoms with Crippen LogP contribution in [-0.2, 0) is 12.8 Å². The first-order valence-electron chi connectivity index (χ1n) is 5.44. The maximum absolute atomic E-state index is 13.5. The number of benzene rings is 1. The largest absolute Gasteiger partial charge is 0.458 e. The smallest absolute Gasteiger partial charge is 0.416 e. The summed E-state index contributed by atoms with van der Waals surface area (Å²) in [7, 11) is 0. The quantitative estimate of drug-likeness (QED) is 0.632. The van der Waals surface area contributed by atoms with Crippen LogP contribution < -0.4 is 4.74 Å². The molecule has 0 unspecified atom stereocenters. The van der Waals surface area contributed by atoms with E-state index in [1.54, 1.807) is 0 Å². The first kappa shape index (κ1) is 15.4. The Hall–Kier alpha value is -1.96. The third-order valence-corrected chi connectivity index (χ3v) is 2.68. The fourth-order valence-corrected chi connectivity index (χ4v) is 1.51. The molecule has 0 atom stereocenters. The van der Waals surface area contributed by atoms with Gasteiger partial charge in [-0.25, -0.2) is 13.8 Å². The molecule has 0 saturated heterocycles. The average molecular weight is 325 g/mol. The minimum absolute atomic E-state index is 0.132. The Bertz CT molecular complexity index is 663. The summed E-state index contributed by atoms with van der Waals surface area (Å²) in [6.07, 6.45) is -3.87. The lowest BCUT2D eigenvalue weighted by Crippen LogP contribution is -2.08. The van der Waals surface area contributed by atoms with Crippen LogP contribution in [0.4, 0.5) is 22.0 Å². The van der Waals surface area contributed by atoms with Crippen molar-refractivity contribution < 1.29 is 26.7 Å². The molecule has 1 aromatic heterocycles. The maximum atomic E-state index is 13.5. The molecular formula is C12H6ClF5N2O. The number of halogens is 6. The van der Waals surface area contributed by atoms with Gasteiger partial charge in [0.25, 0.3) is 0 Å². The van der Waals surface area contributed by atoms with Crippen molar-refractivity contribution in [3.8, 4) is 6.01 Å². The molecule has 0 aliphatic rings. The molecule has 0 spiro atoms. The van der Waals surface area contributed by atoms with E-state index in [-0.39, 0.29) is 11.6 Å². The SMILES string of the molecule is Fc1cc(C(F)(F)F)ccc1COc1ncc(F)c(Cl)n1. The number of ether oxygens (including phenoxy) is 1. The van der Waals surface area contributed by atoms with Crippen molar-refractivity contribution >= 4 is 11.6 Å². The molecular weight excluding hydrogens is 319 g/mol. The van der Waals surface area contributed by atoms with Crippen molar-refractivity contribution in [2.75, 3.05) is 0 Å². The summed E-state index contributed by atoms with van der Waals surface area (Å²) in [5, 5.41) is -0.479. The second-order valence-corrected chi connectivity index (χ2v) is 4.24. The molecule has 21 heavy (non-hydrogen) atoms. The number of hydrogen-bond donors (Lipinski definition) is 0. The summed E-state index contributed by atoms with van der Waals surface area (Å²) >= 11 is 5.39. The van der Waals surface area contributed by atoms with Crippen molar-refractivity contribution in [3.05, 3.63) is 52.3 Å². The van der Waals surface area contributed by atoms with Gasteiger partial charge in [-0.05, 0) is 12.1 Å². The zero-order valence-corrected chi connectivity index (χ0v) is 10.8. The van der Waals surface area contributed by atoms with E-state index >= 15 is 0 Å². The van der Waals surface area contributed by atoms with E-state index < -0.39 is 35.1 Å². The van der Waals surface area contributed by atoms with Crippen molar-refractivity contribution in [2.45, 2.75) is 12.8 Å². The Balaban J connectivity index is 2.11. The Kier molecular flexibility index (Phi) is 4.26. The normalized spacial score (nSPS) is 11.5. The van der Waals surface area contributed by atoms with Gasteiger partial charge < -0.3 is 4.74 Å². The molecule has 3 nitrogen and oxygen atoms in total. The number of rotatable bonds is 3. The topological polar surface area (TPSA) is 35.0 Å². The zero-order valence-electron chi connectivity index (χ0n) is 10.1. The maximum Gasteiger partial charge on any atom is 0.416 e. The lowest BCUT2D eigenvalue weighted by molar-refractivity contribution is -0.137. The van der Waals surface area contributed by atoms with Gasteiger partial charge in [-0.1, -0.05) is 17.7 Å². The first-order valence-corrected chi connectivity index (χ1v) is 5.81. The molecule has 0 saturated carbocycles. The minimum Gasteiger partial charge on any atom is -0.458 e. The predicted molar refractivity (Wildman–Crippen MR) is 62.7 cm³/mol. The van der Waals surface area contributed by atoms with E-state index in [4.69, 9.17) is 16.3 Å². The summed E-state index contributed by atoms with van der Waals surface area (Å²) in [6, 6.07) is 1.70. The number of hydrogen-bond acceptors (Lipinski definition) is 3. The van der Waals surface area contributed by atoms with Crippen molar-refractivity contribution in [3.63, 3.8) is 0 Å². The van der Waals surface area contributed by atoms with E-state index in [2.05, 4.69) is 9.97 Å². The van der Waals surface area contributed by atoms with Gasteiger partial charge in [-0.2, -0.15) is 18.2 Å². The fraction of sp³-hybridized carbons (Fsp3) is 0.167. The molecule has 0 amide bonds. The zero-order chi connectivity index (χ0) is 15.6. The highest BCUT2D eigenvalue weighted by atomic mass is 35.5. The van der Waals surface area contributed by atoms with Gasteiger partial charge in [0.1, 0.15) is 12.4 Å². The van der Waals surface area contributed by atoms with Crippen LogP contribution in [-0.4, -0.2) is 9.97 Å².